The summed E-state index contributed by atoms with van der Waals surface area (Å²) in [6.45, 7) is 1.86. The highest BCUT2D eigenvalue weighted by molar-refractivity contribution is 9.10. The molecule has 4 heteroatoms. The van der Waals surface area contributed by atoms with Crippen molar-refractivity contribution >= 4 is 27.5 Å². The van der Waals surface area contributed by atoms with E-state index in [4.69, 9.17) is 16.0 Å². The van der Waals surface area contributed by atoms with Gasteiger partial charge in [-0.25, -0.2) is 4.98 Å². The fraction of sp³-hybridized carbons (Fsp3) is 0.100. The molecule has 0 aliphatic heterocycles. The summed E-state index contributed by atoms with van der Waals surface area (Å²) in [7, 11) is 0. The molecule has 0 N–H and O–H groups in total. The minimum atomic E-state index is 0.594. The lowest BCUT2D eigenvalue weighted by atomic mass is 10.2. The Morgan fingerprint density at radius 3 is 2.79 bits per heavy atom. The van der Waals surface area contributed by atoms with E-state index >= 15 is 0 Å². The first-order valence-electron chi connectivity index (χ1n) is 4.04. The van der Waals surface area contributed by atoms with Crippen LogP contribution in [0.2, 0.25) is 5.02 Å². The number of aryl methyl sites for hydroxylation is 1. The van der Waals surface area contributed by atoms with E-state index in [0.29, 0.717) is 10.9 Å². The predicted octanol–water partition coefficient (Wildman–Crippen LogP) is 4.07. The molecule has 1 aromatic heterocycles. The van der Waals surface area contributed by atoms with Crippen LogP contribution in [-0.2, 0) is 0 Å². The normalized spacial score (nSPS) is 10.5. The Morgan fingerprint density at radius 1 is 1.43 bits per heavy atom. The molecule has 0 atom stereocenters. The smallest absolute Gasteiger partial charge is 0.226 e. The molecule has 14 heavy (non-hydrogen) atoms. The topological polar surface area (TPSA) is 26.0 Å². The molecule has 0 aliphatic carbocycles. The standard InChI is InChI=1S/C10H7BrClNO/c1-6-5-13-10(14-6)7-2-3-8(11)9(12)4-7/h2-5H,1H3. The second-order valence-corrected chi connectivity index (χ2v) is 4.17. The van der Waals surface area contributed by atoms with Gasteiger partial charge >= 0.3 is 0 Å². The van der Waals surface area contributed by atoms with E-state index in [1.54, 1.807) is 6.20 Å². The number of oxazole rings is 1. The van der Waals surface area contributed by atoms with Gasteiger partial charge in [0, 0.05) is 10.0 Å². The van der Waals surface area contributed by atoms with E-state index in [1.807, 2.05) is 25.1 Å². The maximum Gasteiger partial charge on any atom is 0.226 e. The van der Waals surface area contributed by atoms with Crippen LogP contribution in [0.1, 0.15) is 5.76 Å². The molecule has 2 nitrogen and oxygen atoms in total. The van der Waals surface area contributed by atoms with E-state index in [9.17, 15) is 0 Å². The van der Waals surface area contributed by atoms with Crippen LogP contribution < -0.4 is 0 Å². The molecule has 0 amide bonds. The Balaban J connectivity index is 2.47. The molecule has 0 saturated heterocycles. The number of rotatable bonds is 1. The lowest BCUT2D eigenvalue weighted by Crippen LogP contribution is -1.77. The minimum Gasteiger partial charge on any atom is -0.441 e. The Hall–Kier alpha value is -0.800. The number of aromatic nitrogens is 1. The molecule has 0 bridgehead atoms. The Morgan fingerprint density at radius 2 is 2.21 bits per heavy atom. The summed E-state index contributed by atoms with van der Waals surface area (Å²) in [5.74, 6) is 1.39. The second kappa shape index (κ2) is 3.75. The van der Waals surface area contributed by atoms with Crippen LogP contribution in [0, 0.1) is 6.92 Å². The van der Waals surface area contributed by atoms with E-state index < -0.39 is 0 Å². The van der Waals surface area contributed by atoms with Gasteiger partial charge in [0.2, 0.25) is 5.89 Å². The van der Waals surface area contributed by atoms with Gasteiger partial charge in [-0.2, -0.15) is 0 Å². The molecule has 0 aliphatic rings. The first-order chi connectivity index (χ1) is 6.66. The molecule has 0 unspecified atom stereocenters. The summed E-state index contributed by atoms with van der Waals surface area (Å²) < 4.78 is 6.25. The molecule has 1 heterocycles. The largest absolute Gasteiger partial charge is 0.441 e. The molecular formula is C10H7BrClNO. The van der Waals surface area contributed by atoms with Gasteiger partial charge in [0.05, 0.1) is 11.2 Å². The molecular weight excluding hydrogens is 265 g/mol. The summed E-state index contributed by atoms with van der Waals surface area (Å²) in [4.78, 5) is 4.12. The van der Waals surface area contributed by atoms with E-state index in [1.165, 1.54) is 0 Å². The zero-order valence-electron chi connectivity index (χ0n) is 7.42. The van der Waals surface area contributed by atoms with Crippen LogP contribution in [-0.4, -0.2) is 4.98 Å². The number of hydrogen-bond donors (Lipinski definition) is 0. The molecule has 0 saturated carbocycles. The van der Waals surface area contributed by atoms with Gasteiger partial charge in [-0.05, 0) is 41.1 Å². The molecule has 72 valence electrons. The van der Waals surface area contributed by atoms with Crippen molar-refractivity contribution in [2.75, 3.05) is 0 Å². The van der Waals surface area contributed by atoms with Gasteiger partial charge in [-0.1, -0.05) is 11.6 Å². The fourth-order valence-electron chi connectivity index (χ4n) is 1.12. The monoisotopic (exact) mass is 271 g/mol. The zero-order chi connectivity index (χ0) is 10.1. The summed E-state index contributed by atoms with van der Waals surface area (Å²) in [5, 5.41) is 0.651. The van der Waals surface area contributed by atoms with Crippen LogP contribution in [0.25, 0.3) is 11.5 Å². The summed E-state index contributed by atoms with van der Waals surface area (Å²) in [6, 6.07) is 5.59. The third kappa shape index (κ3) is 1.83. The van der Waals surface area contributed by atoms with Crippen molar-refractivity contribution in [2.45, 2.75) is 6.92 Å². The van der Waals surface area contributed by atoms with E-state index in [-0.39, 0.29) is 0 Å². The lowest BCUT2D eigenvalue weighted by molar-refractivity contribution is 0.542. The van der Waals surface area contributed by atoms with Crippen molar-refractivity contribution in [3.05, 3.63) is 39.7 Å². The van der Waals surface area contributed by atoms with Crippen LogP contribution in [0.5, 0.6) is 0 Å². The quantitative estimate of drug-likeness (QED) is 0.782. The maximum atomic E-state index is 5.95. The van der Waals surface area contributed by atoms with Crippen molar-refractivity contribution in [3.8, 4) is 11.5 Å². The van der Waals surface area contributed by atoms with Crippen LogP contribution in [0.15, 0.2) is 33.3 Å². The highest BCUT2D eigenvalue weighted by Gasteiger charge is 2.06. The maximum absolute atomic E-state index is 5.95. The third-order valence-electron chi connectivity index (χ3n) is 1.79. The molecule has 1 aromatic carbocycles. The molecule has 0 fully saturated rings. The fourth-order valence-corrected chi connectivity index (χ4v) is 1.54. The third-order valence-corrected chi connectivity index (χ3v) is 3.02. The van der Waals surface area contributed by atoms with Crippen molar-refractivity contribution in [3.63, 3.8) is 0 Å². The SMILES string of the molecule is Cc1cnc(-c2ccc(Br)c(Cl)c2)o1. The lowest BCUT2D eigenvalue weighted by Gasteiger charge is -1.98. The molecule has 0 radical (unpaired) electrons. The first kappa shape index (κ1) is 9.74. The van der Waals surface area contributed by atoms with Crippen LogP contribution in [0.3, 0.4) is 0 Å². The molecule has 0 spiro atoms. The number of nitrogens with zero attached hydrogens (tertiary/aromatic N) is 1. The van der Waals surface area contributed by atoms with Gasteiger partial charge in [-0.15, -0.1) is 0 Å². The van der Waals surface area contributed by atoms with Gasteiger partial charge in [0.1, 0.15) is 5.76 Å². The van der Waals surface area contributed by atoms with Crippen LogP contribution >= 0.6 is 27.5 Å². The Kier molecular flexibility index (Phi) is 2.61. The predicted molar refractivity (Wildman–Crippen MR) is 59.4 cm³/mol. The summed E-state index contributed by atoms with van der Waals surface area (Å²) >= 11 is 9.28. The van der Waals surface area contributed by atoms with Crippen molar-refractivity contribution in [1.29, 1.82) is 0 Å². The van der Waals surface area contributed by atoms with Gasteiger partial charge in [0.15, 0.2) is 0 Å². The summed E-state index contributed by atoms with van der Waals surface area (Å²) in [6.07, 6.45) is 1.69. The average molecular weight is 273 g/mol. The highest BCUT2D eigenvalue weighted by atomic mass is 79.9. The van der Waals surface area contributed by atoms with E-state index in [2.05, 4.69) is 20.9 Å². The van der Waals surface area contributed by atoms with Crippen LogP contribution in [0.4, 0.5) is 0 Å². The minimum absolute atomic E-state index is 0.594. The van der Waals surface area contributed by atoms with Crippen molar-refractivity contribution in [2.24, 2.45) is 0 Å². The summed E-state index contributed by atoms with van der Waals surface area (Å²) in [5.41, 5.74) is 0.881. The highest BCUT2D eigenvalue weighted by Crippen LogP contribution is 2.28. The van der Waals surface area contributed by atoms with Crippen molar-refractivity contribution < 1.29 is 4.42 Å². The average Bonchev–Trinajstić information content (AvgIpc) is 2.57. The first-order valence-corrected chi connectivity index (χ1v) is 5.22. The van der Waals surface area contributed by atoms with Gasteiger partial charge in [0.25, 0.3) is 0 Å². The van der Waals surface area contributed by atoms with Crippen molar-refractivity contribution in [1.82, 2.24) is 4.98 Å². The number of benzene rings is 1. The van der Waals surface area contributed by atoms with Gasteiger partial charge < -0.3 is 4.42 Å². The molecule has 2 rings (SSSR count). The van der Waals surface area contributed by atoms with Gasteiger partial charge in [-0.3, -0.25) is 0 Å². The van der Waals surface area contributed by atoms with E-state index in [0.717, 1.165) is 15.8 Å². The molecule has 2 aromatic rings. The number of hydrogen-bond acceptors (Lipinski definition) is 2. The second-order valence-electron chi connectivity index (χ2n) is 2.90. The number of halogens is 2. The Bertz CT molecular complexity index is 467. The zero-order valence-corrected chi connectivity index (χ0v) is 9.76. The Labute approximate surface area is 95.0 Å².